The lowest BCUT2D eigenvalue weighted by Gasteiger charge is -2.34. The van der Waals surface area contributed by atoms with E-state index >= 15 is 0 Å². The molecule has 0 spiro atoms. The summed E-state index contributed by atoms with van der Waals surface area (Å²) < 4.78 is 108. The van der Waals surface area contributed by atoms with Crippen LogP contribution in [0.1, 0.15) is 25.7 Å². The highest BCUT2D eigenvalue weighted by molar-refractivity contribution is 7.90. The van der Waals surface area contributed by atoms with E-state index < -0.39 is 48.7 Å². The standard InChI is InChI=1S/C16H18F4O5S2.C12H10S/c1-26(21,22)13-6-4-12(5-7-13)25-27(23,24)16(19,20)15(17,18)14-9-10-2-3-11(14)8-10;1-3-7-11(8-4-1)13-12-9-5-2-6-10-12/h4-7,10-11,14H,2-3,8-9H2,1H3;1-10H/p+1. The van der Waals surface area contributed by atoms with Gasteiger partial charge >= 0.3 is 21.3 Å². The van der Waals surface area contributed by atoms with Gasteiger partial charge in [-0.05, 0) is 79.6 Å². The van der Waals surface area contributed by atoms with Gasteiger partial charge in [-0.3, -0.25) is 0 Å². The number of fused-ring (bicyclic) bond motifs is 2. The fourth-order valence-corrected chi connectivity index (χ4v) is 7.67. The van der Waals surface area contributed by atoms with E-state index in [0.29, 0.717) is 19.3 Å². The Morgan fingerprint density at radius 1 is 0.750 bits per heavy atom. The summed E-state index contributed by atoms with van der Waals surface area (Å²) in [6, 6.07) is 24.5. The number of halogens is 4. The molecule has 0 amide bonds. The maximum Gasteiger partial charge on any atom is 0.442 e. The summed E-state index contributed by atoms with van der Waals surface area (Å²) in [5.41, 5.74) is 0. The molecule has 3 aromatic carbocycles. The topological polar surface area (TPSA) is 77.5 Å². The van der Waals surface area contributed by atoms with E-state index in [-0.39, 0.29) is 17.2 Å². The minimum absolute atomic E-state index is 0.0752. The maximum absolute atomic E-state index is 14.5. The van der Waals surface area contributed by atoms with Gasteiger partial charge in [-0.1, -0.05) is 42.8 Å². The zero-order valence-corrected chi connectivity index (χ0v) is 24.0. The largest absolute Gasteiger partial charge is 0.442 e. The number of sulfone groups is 1. The highest BCUT2D eigenvalue weighted by Crippen LogP contribution is 2.58. The molecule has 0 heterocycles. The molecule has 12 heteroatoms. The van der Waals surface area contributed by atoms with Crippen LogP contribution in [0.15, 0.2) is 99.6 Å². The van der Waals surface area contributed by atoms with Gasteiger partial charge in [0, 0.05) is 23.9 Å². The molecule has 2 fully saturated rings. The molecule has 0 radical (unpaired) electrons. The van der Waals surface area contributed by atoms with Crippen LogP contribution in [-0.2, 0) is 31.7 Å². The first-order valence-electron chi connectivity index (χ1n) is 12.5. The highest BCUT2D eigenvalue weighted by Gasteiger charge is 2.72. The van der Waals surface area contributed by atoms with E-state index in [1.807, 2.05) is 12.1 Å². The van der Waals surface area contributed by atoms with Gasteiger partial charge in [0.1, 0.15) is 5.75 Å². The van der Waals surface area contributed by atoms with E-state index in [2.05, 4.69) is 52.7 Å². The van der Waals surface area contributed by atoms with E-state index in [1.165, 1.54) is 21.6 Å². The SMILES string of the molecule is CS(=O)(=O)c1ccc(OS(=O)(=O)C(F)(F)C(F)(F)C2CC3CCC2C3)cc1.c1ccc([SH+]c2ccccc2)cc1. The van der Waals surface area contributed by atoms with Crippen molar-refractivity contribution in [1.82, 2.24) is 0 Å². The van der Waals surface area contributed by atoms with E-state index in [1.54, 1.807) is 0 Å². The second-order valence-electron chi connectivity index (χ2n) is 9.99. The van der Waals surface area contributed by atoms with Crippen LogP contribution >= 0.6 is 0 Å². The Labute approximate surface area is 236 Å². The van der Waals surface area contributed by atoms with E-state index in [0.717, 1.165) is 30.5 Å². The molecule has 40 heavy (non-hydrogen) atoms. The summed E-state index contributed by atoms with van der Waals surface area (Å²) in [4.78, 5) is 2.48. The van der Waals surface area contributed by atoms with Gasteiger partial charge < -0.3 is 4.18 Å². The predicted octanol–water partition coefficient (Wildman–Crippen LogP) is 6.38. The molecule has 2 aliphatic rings. The number of alkyl halides is 4. The molecule has 3 atom stereocenters. The zero-order chi connectivity index (χ0) is 29.2. The summed E-state index contributed by atoms with van der Waals surface area (Å²) in [5.74, 6) is -7.85. The third-order valence-corrected chi connectivity index (χ3v) is 10.7. The van der Waals surface area contributed by atoms with Crippen molar-refractivity contribution in [3.8, 4) is 5.75 Å². The monoisotopic (exact) mass is 617 g/mol. The summed E-state index contributed by atoms with van der Waals surface area (Å²) >= 11 is 1.28. The normalized spacial score (nSPS) is 21.0. The Balaban J connectivity index is 0.000000236. The molecule has 2 bridgehead atoms. The number of thiol groups is 1. The van der Waals surface area contributed by atoms with Gasteiger partial charge in [0.05, 0.1) is 4.90 Å². The maximum atomic E-state index is 14.5. The Bertz CT molecular complexity index is 1460. The van der Waals surface area contributed by atoms with Gasteiger partial charge in [0.15, 0.2) is 19.6 Å². The molecular weight excluding hydrogens is 588 g/mol. The second kappa shape index (κ2) is 11.7. The Kier molecular flexibility index (Phi) is 8.91. The van der Waals surface area contributed by atoms with Crippen molar-refractivity contribution in [1.29, 1.82) is 0 Å². The first kappa shape index (κ1) is 30.4. The lowest BCUT2D eigenvalue weighted by molar-refractivity contribution is -0.202. The Morgan fingerprint density at radius 2 is 1.27 bits per heavy atom. The van der Waals surface area contributed by atoms with Gasteiger partial charge in [-0.15, -0.1) is 0 Å². The van der Waals surface area contributed by atoms with Crippen molar-refractivity contribution >= 4 is 31.7 Å². The fourth-order valence-electron chi connectivity index (χ4n) is 5.15. The Morgan fingerprint density at radius 3 is 1.70 bits per heavy atom. The highest BCUT2D eigenvalue weighted by atomic mass is 32.2. The third-order valence-electron chi connectivity index (χ3n) is 7.13. The van der Waals surface area contributed by atoms with Crippen LogP contribution in [0, 0.1) is 17.8 Å². The van der Waals surface area contributed by atoms with Crippen LogP contribution in [-0.4, -0.2) is 34.3 Å². The summed E-state index contributed by atoms with van der Waals surface area (Å²) in [5, 5.41) is -5.41. The van der Waals surface area contributed by atoms with Crippen molar-refractivity contribution in [3.63, 3.8) is 0 Å². The minimum atomic E-state index is -6.01. The third kappa shape index (κ3) is 6.66. The van der Waals surface area contributed by atoms with E-state index in [9.17, 15) is 34.4 Å². The number of benzene rings is 3. The molecule has 216 valence electrons. The molecule has 0 aromatic heterocycles. The summed E-state index contributed by atoms with van der Waals surface area (Å²) in [7, 11) is -9.61. The molecule has 5 nitrogen and oxygen atoms in total. The molecule has 0 aliphatic heterocycles. The van der Waals surface area contributed by atoms with E-state index in [4.69, 9.17) is 0 Å². The van der Waals surface area contributed by atoms with Gasteiger partial charge in [-0.25, -0.2) is 8.42 Å². The van der Waals surface area contributed by atoms with Crippen molar-refractivity contribution in [2.24, 2.45) is 17.8 Å². The van der Waals surface area contributed by atoms with Crippen molar-refractivity contribution in [2.45, 2.75) is 51.5 Å². The number of hydrogen-bond donors (Lipinski definition) is 0. The lowest BCUT2D eigenvalue weighted by atomic mass is 9.84. The lowest BCUT2D eigenvalue weighted by Crippen LogP contribution is -2.54. The van der Waals surface area contributed by atoms with Crippen LogP contribution in [0.5, 0.6) is 5.75 Å². The predicted molar refractivity (Wildman–Crippen MR) is 146 cm³/mol. The quantitative estimate of drug-likeness (QED) is 0.127. The average molecular weight is 618 g/mol. The zero-order valence-electron chi connectivity index (χ0n) is 21.5. The molecule has 0 N–H and O–H groups in total. The van der Waals surface area contributed by atoms with Gasteiger partial charge in [0.2, 0.25) is 0 Å². The molecule has 2 saturated carbocycles. The average Bonchev–Trinajstić information content (AvgIpc) is 3.54. The second-order valence-corrected chi connectivity index (χ2v) is 14.8. The Hall–Kier alpha value is -2.57. The molecule has 5 rings (SSSR count). The number of hydrogen-bond acceptors (Lipinski definition) is 5. The van der Waals surface area contributed by atoms with Crippen molar-refractivity contribution in [3.05, 3.63) is 84.9 Å². The molecule has 3 unspecified atom stereocenters. The van der Waals surface area contributed by atoms with Gasteiger partial charge in [0.25, 0.3) is 0 Å². The van der Waals surface area contributed by atoms with Crippen LogP contribution < -0.4 is 4.18 Å². The number of rotatable bonds is 8. The first-order valence-corrected chi connectivity index (χ1v) is 16.7. The summed E-state index contributed by atoms with van der Waals surface area (Å²) in [6.45, 7) is 0. The van der Waals surface area contributed by atoms with Crippen LogP contribution in [0.3, 0.4) is 0 Å². The van der Waals surface area contributed by atoms with Crippen LogP contribution in [0.25, 0.3) is 0 Å². The first-order chi connectivity index (χ1) is 18.7. The van der Waals surface area contributed by atoms with Gasteiger partial charge in [-0.2, -0.15) is 26.0 Å². The summed E-state index contributed by atoms with van der Waals surface area (Å²) in [6.07, 6.45) is 2.24. The molecule has 0 saturated heterocycles. The van der Waals surface area contributed by atoms with Crippen LogP contribution in [0.2, 0.25) is 0 Å². The van der Waals surface area contributed by atoms with Crippen LogP contribution in [0.4, 0.5) is 17.6 Å². The minimum Gasteiger partial charge on any atom is -0.378 e. The van der Waals surface area contributed by atoms with Crippen molar-refractivity contribution in [2.75, 3.05) is 6.26 Å². The fraction of sp³-hybridized carbons (Fsp3) is 0.357. The molecule has 2 aliphatic carbocycles. The molecular formula is C28H29F4O5S3+. The van der Waals surface area contributed by atoms with Crippen molar-refractivity contribution < 1.29 is 38.6 Å². The smallest absolute Gasteiger partial charge is 0.378 e. The molecule has 3 aromatic rings.